The molecule has 3 aromatic rings. The molecule has 3 rings (SSSR count). The molecule has 20 heavy (non-hydrogen) atoms. The standard InChI is InChI=1S/C17H13NO2/c1-11-7-13(9-14(8-11)17(19)20)15-4-2-3-12-5-6-18-10-16(12)15/h2-10H,1H3,(H,19,20). The van der Waals surface area contributed by atoms with E-state index in [1.165, 1.54) is 0 Å². The number of hydrogen-bond donors (Lipinski definition) is 1. The van der Waals surface area contributed by atoms with Crippen molar-refractivity contribution in [3.05, 3.63) is 66.0 Å². The van der Waals surface area contributed by atoms with E-state index < -0.39 is 5.97 Å². The number of pyridine rings is 1. The molecule has 3 nitrogen and oxygen atoms in total. The van der Waals surface area contributed by atoms with E-state index in [4.69, 9.17) is 0 Å². The number of nitrogens with zero attached hydrogens (tertiary/aromatic N) is 1. The summed E-state index contributed by atoms with van der Waals surface area (Å²) in [4.78, 5) is 15.4. The highest BCUT2D eigenvalue weighted by molar-refractivity contribution is 5.98. The predicted octanol–water partition coefficient (Wildman–Crippen LogP) is 3.91. The Hall–Kier alpha value is -2.68. The predicted molar refractivity (Wildman–Crippen MR) is 78.9 cm³/mol. The van der Waals surface area contributed by atoms with Crippen molar-refractivity contribution in [2.24, 2.45) is 0 Å². The van der Waals surface area contributed by atoms with Crippen LogP contribution in [0.4, 0.5) is 0 Å². The van der Waals surface area contributed by atoms with Crippen LogP contribution in [0, 0.1) is 6.92 Å². The molecule has 0 aliphatic carbocycles. The van der Waals surface area contributed by atoms with E-state index in [1.807, 2.05) is 43.5 Å². The molecular formula is C17H13NO2. The number of aryl methyl sites for hydroxylation is 1. The van der Waals surface area contributed by atoms with Crippen molar-refractivity contribution in [1.82, 2.24) is 4.98 Å². The number of hydrogen-bond acceptors (Lipinski definition) is 2. The minimum Gasteiger partial charge on any atom is -0.478 e. The van der Waals surface area contributed by atoms with Crippen molar-refractivity contribution >= 4 is 16.7 Å². The first-order valence-electron chi connectivity index (χ1n) is 6.33. The van der Waals surface area contributed by atoms with Crippen molar-refractivity contribution in [3.8, 4) is 11.1 Å². The van der Waals surface area contributed by atoms with Gasteiger partial charge in [0.25, 0.3) is 0 Å². The molecule has 0 aliphatic rings. The summed E-state index contributed by atoms with van der Waals surface area (Å²) in [6.07, 6.45) is 3.57. The molecule has 0 saturated heterocycles. The zero-order chi connectivity index (χ0) is 14.1. The highest BCUT2D eigenvalue weighted by Crippen LogP contribution is 2.29. The van der Waals surface area contributed by atoms with E-state index in [1.54, 1.807) is 18.3 Å². The largest absolute Gasteiger partial charge is 0.478 e. The fraction of sp³-hybridized carbons (Fsp3) is 0.0588. The van der Waals surface area contributed by atoms with E-state index in [0.717, 1.165) is 27.5 Å². The summed E-state index contributed by atoms with van der Waals surface area (Å²) in [7, 11) is 0. The monoisotopic (exact) mass is 263 g/mol. The zero-order valence-electron chi connectivity index (χ0n) is 11.0. The number of aromatic carboxylic acids is 1. The Kier molecular flexibility index (Phi) is 2.95. The van der Waals surface area contributed by atoms with Crippen molar-refractivity contribution < 1.29 is 9.90 Å². The molecule has 98 valence electrons. The maximum absolute atomic E-state index is 11.2. The van der Waals surface area contributed by atoms with Gasteiger partial charge < -0.3 is 5.11 Å². The van der Waals surface area contributed by atoms with E-state index in [-0.39, 0.29) is 0 Å². The molecule has 0 saturated carbocycles. The van der Waals surface area contributed by atoms with Gasteiger partial charge in [0.05, 0.1) is 5.56 Å². The van der Waals surface area contributed by atoms with Gasteiger partial charge in [0.2, 0.25) is 0 Å². The lowest BCUT2D eigenvalue weighted by atomic mass is 9.96. The lowest BCUT2D eigenvalue weighted by molar-refractivity contribution is 0.0697. The van der Waals surface area contributed by atoms with Gasteiger partial charge in [-0.2, -0.15) is 0 Å². The Morgan fingerprint density at radius 3 is 2.80 bits per heavy atom. The lowest BCUT2D eigenvalue weighted by Gasteiger charge is -2.08. The van der Waals surface area contributed by atoms with Gasteiger partial charge in [0.15, 0.2) is 0 Å². The Morgan fingerprint density at radius 1 is 1.15 bits per heavy atom. The van der Waals surface area contributed by atoms with Gasteiger partial charge >= 0.3 is 5.97 Å². The second-order valence-electron chi connectivity index (χ2n) is 4.80. The molecule has 0 bridgehead atoms. The molecule has 0 spiro atoms. The first kappa shape index (κ1) is 12.4. The van der Waals surface area contributed by atoms with Crippen molar-refractivity contribution in [2.75, 3.05) is 0 Å². The quantitative estimate of drug-likeness (QED) is 0.762. The minimum absolute atomic E-state index is 0.306. The van der Waals surface area contributed by atoms with Crippen LogP contribution in [0.15, 0.2) is 54.9 Å². The van der Waals surface area contributed by atoms with Crippen molar-refractivity contribution in [1.29, 1.82) is 0 Å². The van der Waals surface area contributed by atoms with Crippen LogP contribution in [-0.2, 0) is 0 Å². The van der Waals surface area contributed by atoms with E-state index >= 15 is 0 Å². The average Bonchev–Trinajstić information content (AvgIpc) is 2.46. The molecule has 2 aromatic carbocycles. The normalized spacial score (nSPS) is 10.7. The fourth-order valence-electron chi connectivity index (χ4n) is 2.43. The molecule has 1 N–H and O–H groups in total. The number of rotatable bonds is 2. The molecule has 0 atom stereocenters. The molecule has 3 heteroatoms. The highest BCUT2D eigenvalue weighted by atomic mass is 16.4. The number of aromatic nitrogens is 1. The van der Waals surface area contributed by atoms with Crippen LogP contribution in [0.3, 0.4) is 0 Å². The number of carboxylic acid groups (broad SMARTS) is 1. The second kappa shape index (κ2) is 4.78. The Morgan fingerprint density at radius 2 is 2.00 bits per heavy atom. The van der Waals surface area contributed by atoms with Crippen LogP contribution in [-0.4, -0.2) is 16.1 Å². The second-order valence-corrected chi connectivity index (χ2v) is 4.80. The van der Waals surface area contributed by atoms with Crippen molar-refractivity contribution in [3.63, 3.8) is 0 Å². The topological polar surface area (TPSA) is 50.2 Å². The SMILES string of the molecule is Cc1cc(C(=O)O)cc(-c2cccc3ccncc23)c1. The molecule has 1 aromatic heterocycles. The molecule has 1 heterocycles. The minimum atomic E-state index is -0.909. The van der Waals surface area contributed by atoms with E-state index in [9.17, 15) is 9.90 Å². The highest BCUT2D eigenvalue weighted by Gasteiger charge is 2.09. The van der Waals surface area contributed by atoms with Gasteiger partial charge in [0, 0.05) is 17.8 Å². The Balaban J connectivity index is 2.28. The van der Waals surface area contributed by atoms with Crippen LogP contribution in [0.1, 0.15) is 15.9 Å². The number of benzene rings is 2. The summed E-state index contributed by atoms with van der Waals surface area (Å²) in [6.45, 7) is 1.90. The van der Waals surface area contributed by atoms with Crippen LogP contribution in [0.2, 0.25) is 0 Å². The lowest BCUT2D eigenvalue weighted by Crippen LogP contribution is -1.97. The number of fused-ring (bicyclic) bond motifs is 1. The first-order chi connectivity index (χ1) is 9.65. The third-order valence-corrected chi connectivity index (χ3v) is 3.32. The zero-order valence-corrected chi connectivity index (χ0v) is 11.0. The summed E-state index contributed by atoms with van der Waals surface area (Å²) in [5, 5.41) is 11.3. The molecule has 0 amide bonds. The molecule has 0 aliphatic heterocycles. The van der Waals surface area contributed by atoms with Gasteiger partial charge in [-0.3, -0.25) is 4.98 Å². The van der Waals surface area contributed by atoms with Crippen LogP contribution >= 0.6 is 0 Å². The smallest absolute Gasteiger partial charge is 0.335 e. The third kappa shape index (κ3) is 2.14. The Bertz CT molecular complexity index is 804. The van der Waals surface area contributed by atoms with Gasteiger partial charge in [-0.05, 0) is 47.2 Å². The average molecular weight is 263 g/mol. The third-order valence-electron chi connectivity index (χ3n) is 3.32. The summed E-state index contributed by atoms with van der Waals surface area (Å²) < 4.78 is 0. The molecule has 0 fully saturated rings. The summed E-state index contributed by atoms with van der Waals surface area (Å²) in [5.74, 6) is -0.909. The number of carbonyl (C=O) groups is 1. The number of carboxylic acids is 1. The van der Waals surface area contributed by atoms with E-state index in [0.29, 0.717) is 5.56 Å². The molecule has 0 radical (unpaired) electrons. The summed E-state index contributed by atoms with van der Waals surface area (Å²) in [6, 6.07) is 13.3. The van der Waals surface area contributed by atoms with Crippen LogP contribution in [0.25, 0.3) is 21.9 Å². The van der Waals surface area contributed by atoms with Crippen LogP contribution < -0.4 is 0 Å². The summed E-state index contributed by atoms with van der Waals surface area (Å²) >= 11 is 0. The molecular weight excluding hydrogens is 250 g/mol. The Labute approximate surface area is 116 Å². The van der Waals surface area contributed by atoms with Crippen molar-refractivity contribution in [2.45, 2.75) is 6.92 Å². The van der Waals surface area contributed by atoms with E-state index in [2.05, 4.69) is 4.98 Å². The summed E-state index contributed by atoms with van der Waals surface area (Å²) in [5.41, 5.74) is 3.14. The molecule has 0 unspecified atom stereocenters. The fourth-order valence-corrected chi connectivity index (χ4v) is 2.43. The van der Waals surface area contributed by atoms with Gasteiger partial charge in [-0.1, -0.05) is 24.3 Å². The van der Waals surface area contributed by atoms with Gasteiger partial charge in [-0.25, -0.2) is 4.79 Å². The van der Waals surface area contributed by atoms with Crippen LogP contribution in [0.5, 0.6) is 0 Å². The first-order valence-corrected chi connectivity index (χ1v) is 6.33. The maximum atomic E-state index is 11.2. The van der Waals surface area contributed by atoms with Gasteiger partial charge in [0.1, 0.15) is 0 Å². The van der Waals surface area contributed by atoms with Gasteiger partial charge in [-0.15, -0.1) is 0 Å². The maximum Gasteiger partial charge on any atom is 0.335 e.